The summed E-state index contributed by atoms with van der Waals surface area (Å²) in [7, 11) is 0. The lowest BCUT2D eigenvalue weighted by Crippen LogP contribution is -2.63. The molecule has 0 aromatic heterocycles. The van der Waals surface area contributed by atoms with Crippen LogP contribution in [0.15, 0.2) is 24.3 Å². The topological polar surface area (TPSA) is 177 Å². The molecule has 0 bridgehead atoms. The van der Waals surface area contributed by atoms with Crippen molar-refractivity contribution in [2.75, 3.05) is 65.4 Å². The van der Waals surface area contributed by atoms with Crippen LogP contribution < -0.4 is 11.1 Å². The molecule has 1 aliphatic heterocycles. The van der Waals surface area contributed by atoms with Crippen LogP contribution in [0.3, 0.4) is 0 Å². The second-order valence-electron chi connectivity index (χ2n) is 10.9. The minimum Gasteiger partial charge on any atom is -0.480 e. The Morgan fingerprint density at radius 3 is 2.02 bits per heavy atom. The number of aldehydes is 1. The highest BCUT2D eigenvalue weighted by Crippen LogP contribution is 2.34. The Hall–Kier alpha value is -2.90. The minimum atomic E-state index is -1.62. The van der Waals surface area contributed by atoms with Gasteiger partial charge in [0, 0.05) is 45.8 Å². The van der Waals surface area contributed by atoms with Gasteiger partial charge in [-0.25, -0.2) is 0 Å². The number of carboxylic acids is 3. The fraction of sp³-hybridized carbons (Fsp3) is 0.643. The smallest absolute Gasteiger partial charge is 0.317 e. The SMILES string of the molecule is NC(C=O)(c1ccc(C2CCCCC2)cc1)C1CN(CC(=O)O)CCN(CC(=O)O)CCNCCN1CC(=O)O. The molecule has 2 aliphatic rings. The number of hydrogen-bond donors (Lipinski definition) is 5. The first-order valence-electron chi connectivity index (χ1n) is 14.0. The summed E-state index contributed by atoms with van der Waals surface area (Å²) < 4.78 is 0. The van der Waals surface area contributed by atoms with Gasteiger partial charge in [0.25, 0.3) is 0 Å². The van der Waals surface area contributed by atoms with Crippen molar-refractivity contribution in [2.24, 2.45) is 5.73 Å². The number of rotatable bonds is 10. The van der Waals surface area contributed by atoms with E-state index >= 15 is 0 Å². The summed E-state index contributed by atoms with van der Waals surface area (Å²) in [5.41, 5.74) is 6.97. The molecule has 2 fully saturated rings. The van der Waals surface area contributed by atoms with Crippen molar-refractivity contribution in [3.63, 3.8) is 0 Å². The van der Waals surface area contributed by atoms with Crippen LogP contribution in [0, 0.1) is 0 Å². The van der Waals surface area contributed by atoms with Crippen molar-refractivity contribution in [3.05, 3.63) is 35.4 Å². The second kappa shape index (κ2) is 15.2. The van der Waals surface area contributed by atoms with E-state index in [2.05, 4.69) is 5.32 Å². The summed E-state index contributed by atoms with van der Waals surface area (Å²) in [6.45, 7) is 1.04. The molecule has 6 N–H and O–H groups in total. The van der Waals surface area contributed by atoms with Crippen molar-refractivity contribution in [1.82, 2.24) is 20.0 Å². The van der Waals surface area contributed by atoms with E-state index in [4.69, 9.17) is 5.73 Å². The van der Waals surface area contributed by atoms with Gasteiger partial charge in [0.05, 0.1) is 25.7 Å². The number of benzene rings is 1. The lowest BCUT2D eigenvalue weighted by Gasteiger charge is -2.43. The number of carbonyl (C=O) groups excluding carboxylic acids is 1. The standard InChI is InChI=1S/C28H43N5O7/c29-28(20-34,23-8-6-22(7-9-23)21-4-2-1-3-5-21)24-16-32(18-26(37)38)15-14-31(17-25(35)36)12-10-30-11-13-33(24)19-27(39)40/h6-9,20-21,24,30H,1-5,10-19,29H2,(H,35,36)(H,37,38)(H,39,40). The van der Waals surface area contributed by atoms with Crippen LogP contribution in [0.2, 0.25) is 0 Å². The molecule has 1 heterocycles. The van der Waals surface area contributed by atoms with Gasteiger partial charge in [-0.15, -0.1) is 0 Å². The van der Waals surface area contributed by atoms with E-state index in [1.165, 1.54) is 24.8 Å². The Morgan fingerprint density at radius 1 is 0.850 bits per heavy atom. The number of nitrogens with one attached hydrogen (secondary N) is 1. The molecule has 0 radical (unpaired) electrons. The van der Waals surface area contributed by atoms with Crippen molar-refractivity contribution < 1.29 is 34.5 Å². The van der Waals surface area contributed by atoms with Gasteiger partial charge in [-0.1, -0.05) is 43.5 Å². The highest BCUT2D eigenvalue weighted by atomic mass is 16.4. The van der Waals surface area contributed by atoms with E-state index in [1.54, 1.807) is 14.7 Å². The molecule has 222 valence electrons. The molecule has 2 atom stereocenters. The van der Waals surface area contributed by atoms with Gasteiger partial charge in [0.2, 0.25) is 0 Å². The Morgan fingerprint density at radius 2 is 1.43 bits per heavy atom. The van der Waals surface area contributed by atoms with Gasteiger partial charge in [-0.3, -0.25) is 29.1 Å². The van der Waals surface area contributed by atoms with Crippen LogP contribution in [0.25, 0.3) is 0 Å². The van der Waals surface area contributed by atoms with Crippen LogP contribution in [0.4, 0.5) is 0 Å². The number of carboxylic acid groups (broad SMARTS) is 3. The van der Waals surface area contributed by atoms with Gasteiger partial charge in [-0.2, -0.15) is 0 Å². The van der Waals surface area contributed by atoms with Gasteiger partial charge in [0.15, 0.2) is 0 Å². The molecule has 1 aliphatic carbocycles. The van der Waals surface area contributed by atoms with Crippen LogP contribution >= 0.6 is 0 Å². The quantitative estimate of drug-likeness (QED) is 0.246. The van der Waals surface area contributed by atoms with E-state index in [1.807, 2.05) is 24.3 Å². The summed E-state index contributed by atoms with van der Waals surface area (Å²) in [4.78, 5) is 52.8. The van der Waals surface area contributed by atoms with Gasteiger partial charge < -0.3 is 31.2 Å². The fourth-order valence-electron chi connectivity index (χ4n) is 5.91. The maximum absolute atomic E-state index is 12.8. The molecule has 0 spiro atoms. The number of hydrogen-bond acceptors (Lipinski definition) is 9. The predicted molar refractivity (Wildman–Crippen MR) is 148 cm³/mol. The van der Waals surface area contributed by atoms with Crippen molar-refractivity contribution in [3.8, 4) is 0 Å². The predicted octanol–water partition coefficient (Wildman–Crippen LogP) is 0.219. The Labute approximate surface area is 235 Å². The zero-order valence-corrected chi connectivity index (χ0v) is 23.0. The van der Waals surface area contributed by atoms with E-state index < -0.39 is 29.5 Å². The van der Waals surface area contributed by atoms with Crippen molar-refractivity contribution in [2.45, 2.75) is 49.6 Å². The number of nitrogens with two attached hydrogens (primary N) is 1. The van der Waals surface area contributed by atoms with Crippen molar-refractivity contribution >= 4 is 24.2 Å². The molecule has 1 saturated heterocycles. The maximum Gasteiger partial charge on any atom is 0.317 e. The number of nitrogens with zero attached hydrogens (tertiary/aromatic N) is 3. The molecule has 1 saturated carbocycles. The lowest BCUT2D eigenvalue weighted by atomic mass is 9.80. The van der Waals surface area contributed by atoms with Crippen LogP contribution in [-0.2, 0) is 24.7 Å². The van der Waals surface area contributed by atoms with Crippen LogP contribution in [-0.4, -0.2) is 126 Å². The molecule has 3 rings (SSSR count). The molecular weight excluding hydrogens is 518 g/mol. The Bertz CT molecular complexity index is 1000. The fourth-order valence-corrected chi connectivity index (χ4v) is 5.91. The largest absolute Gasteiger partial charge is 0.480 e. The molecule has 1 aromatic rings. The van der Waals surface area contributed by atoms with E-state index in [0.717, 1.165) is 12.8 Å². The molecule has 12 heteroatoms. The van der Waals surface area contributed by atoms with Gasteiger partial charge >= 0.3 is 17.9 Å². The summed E-state index contributed by atoms with van der Waals surface area (Å²) >= 11 is 0. The molecule has 40 heavy (non-hydrogen) atoms. The summed E-state index contributed by atoms with van der Waals surface area (Å²) in [5.74, 6) is -2.70. The first kappa shape index (κ1) is 31.6. The minimum absolute atomic E-state index is 0.000107. The zero-order chi connectivity index (χ0) is 29.1. The Kier molecular flexibility index (Phi) is 12.0. The number of aliphatic carboxylic acids is 3. The van der Waals surface area contributed by atoms with Gasteiger partial charge in [0.1, 0.15) is 11.8 Å². The summed E-state index contributed by atoms with van der Waals surface area (Å²) in [5, 5.41) is 31.9. The van der Waals surface area contributed by atoms with Crippen LogP contribution in [0.5, 0.6) is 0 Å². The summed E-state index contributed by atoms with van der Waals surface area (Å²) in [6, 6.07) is 6.79. The summed E-state index contributed by atoms with van der Waals surface area (Å²) in [6.07, 6.45) is 6.48. The van der Waals surface area contributed by atoms with E-state index in [0.29, 0.717) is 37.4 Å². The van der Waals surface area contributed by atoms with E-state index in [9.17, 15) is 34.5 Å². The van der Waals surface area contributed by atoms with Gasteiger partial charge in [-0.05, 0) is 29.9 Å². The third kappa shape index (κ3) is 9.07. The maximum atomic E-state index is 12.8. The second-order valence-corrected chi connectivity index (χ2v) is 10.9. The normalized spacial score (nSPS) is 22.9. The number of carbonyl (C=O) groups is 4. The van der Waals surface area contributed by atoms with Crippen LogP contribution in [0.1, 0.15) is 49.1 Å². The lowest BCUT2D eigenvalue weighted by molar-refractivity contribution is -0.142. The molecule has 2 unspecified atom stereocenters. The molecular formula is C28H43N5O7. The first-order valence-corrected chi connectivity index (χ1v) is 14.0. The molecule has 1 aromatic carbocycles. The average molecular weight is 562 g/mol. The molecule has 12 nitrogen and oxygen atoms in total. The highest BCUT2D eigenvalue weighted by molar-refractivity contribution is 5.72. The molecule has 0 amide bonds. The third-order valence-electron chi connectivity index (χ3n) is 8.07. The first-order chi connectivity index (χ1) is 19.1. The zero-order valence-electron chi connectivity index (χ0n) is 23.0. The Balaban J connectivity index is 1.97. The monoisotopic (exact) mass is 561 g/mol. The average Bonchev–Trinajstić information content (AvgIpc) is 2.92. The van der Waals surface area contributed by atoms with Crippen molar-refractivity contribution in [1.29, 1.82) is 0 Å². The highest BCUT2D eigenvalue weighted by Gasteiger charge is 2.42. The van der Waals surface area contributed by atoms with E-state index in [-0.39, 0.29) is 45.8 Å². The third-order valence-corrected chi connectivity index (χ3v) is 8.07.